The molecule has 27 heteroatoms. The van der Waals surface area contributed by atoms with Crippen molar-refractivity contribution in [3.8, 4) is 11.4 Å². The lowest BCUT2D eigenvalue weighted by atomic mass is 9.81. The third kappa shape index (κ3) is 13.9. The zero-order chi connectivity index (χ0) is 62.6. The van der Waals surface area contributed by atoms with Gasteiger partial charge in [0.1, 0.15) is 44.7 Å². The number of benzene rings is 2. The summed E-state index contributed by atoms with van der Waals surface area (Å²) in [6.45, 7) is 8.67. The third-order valence-corrected chi connectivity index (χ3v) is 15.7. The Labute approximate surface area is 495 Å². The number of pyridine rings is 2. The van der Waals surface area contributed by atoms with Gasteiger partial charge in [0.2, 0.25) is 29.5 Å². The number of aryl methyl sites for hydroxylation is 1. The molecular formula is C59H70BFN10O15. The Morgan fingerprint density at radius 3 is 2.22 bits per heavy atom. The lowest BCUT2D eigenvalue weighted by Gasteiger charge is -2.32. The molecule has 2 radical (unpaired) electrons. The van der Waals surface area contributed by atoms with Gasteiger partial charge in [-0.05, 0) is 89.1 Å². The molecule has 2 aromatic carbocycles. The summed E-state index contributed by atoms with van der Waals surface area (Å²) >= 11 is 0. The van der Waals surface area contributed by atoms with E-state index in [1.807, 2.05) is 0 Å². The number of carbonyl (C=O) groups is 9. The van der Waals surface area contributed by atoms with E-state index in [9.17, 15) is 53.1 Å². The molecule has 1 aliphatic carbocycles. The SMILES string of the molecule is [B]C(C)(COC(C)(C)CNC[C@@H](C(=O)NCC(=O)NCC(=O)N[C@@H](Cc1ccccc1)C(=O)NCC(=O)NCOC(C)(C)C(=O)N[C@H]1CCc2c(C)c(F)cc3nc4c(c1c23)Cn1c-4cc2c(c1=O)COC(=O)[C@]2(O)CC)N1C(=O)C=CC1=O)OC. The summed E-state index contributed by atoms with van der Waals surface area (Å²) in [6, 6.07) is 8.19. The first-order valence-electron chi connectivity index (χ1n) is 28.0. The van der Waals surface area contributed by atoms with Gasteiger partial charge in [0.15, 0.2) is 5.60 Å². The number of fused-ring (bicyclic) bond motifs is 5. The van der Waals surface area contributed by atoms with Gasteiger partial charge in [-0.1, -0.05) is 37.3 Å². The quantitative estimate of drug-likeness (QED) is 0.0154. The number of nitrogens with zero attached hydrogens (tertiary/aromatic N) is 3. The van der Waals surface area contributed by atoms with Crippen LogP contribution in [-0.4, -0.2) is 163 Å². The van der Waals surface area contributed by atoms with E-state index in [0.29, 0.717) is 62.9 Å². The predicted molar refractivity (Wildman–Crippen MR) is 307 cm³/mol. The van der Waals surface area contributed by atoms with Crippen LogP contribution in [0.2, 0.25) is 0 Å². The minimum atomic E-state index is -2.07. The number of amides is 8. The summed E-state index contributed by atoms with van der Waals surface area (Å²) in [7, 11) is 7.44. The van der Waals surface area contributed by atoms with Crippen molar-refractivity contribution in [1.82, 2.24) is 51.7 Å². The highest BCUT2D eigenvalue weighted by molar-refractivity contribution is 6.15. The van der Waals surface area contributed by atoms with Gasteiger partial charge in [0.05, 0.1) is 66.9 Å². The Hall–Kier alpha value is -8.24. The number of hydrogen-bond acceptors (Lipinski definition) is 17. The molecule has 25 nitrogen and oxygen atoms in total. The lowest BCUT2D eigenvalue weighted by molar-refractivity contribution is -0.172. The number of halogens is 1. The number of esters is 1. The van der Waals surface area contributed by atoms with Gasteiger partial charge in [-0.25, -0.2) is 14.2 Å². The molecule has 8 N–H and O–H groups in total. The average molecular weight is 1190 g/mol. The van der Waals surface area contributed by atoms with Gasteiger partial charge in [-0.2, -0.15) is 0 Å². The molecule has 2 aromatic heterocycles. The number of ether oxygens (including phenoxy) is 4. The van der Waals surface area contributed by atoms with Crippen molar-refractivity contribution < 1.29 is 71.6 Å². The highest BCUT2D eigenvalue weighted by atomic mass is 19.1. The van der Waals surface area contributed by atoms with Crippen LogP contribution in [0, 0.1) is 12.7 Å². The van der Waals surface area contributed by atoms with Crippen LogP contribution in [0.4, 0.5) is 4.39 Å². The summed E-state index contributed by atoms with van der Waals surface area (Å²) in [4.78, 5) is 138. The van der Waals surface area contributed by atoms with Crippen molar-refractivity contribution in [2.45, 2.75) is 128 Å². The van der Waals surface area contributed by atoms with Crippen LogP contribution < -0.4 is 42.8 Å². The summed E-state index contributed by atoms with van der Waals surface area (Å²) < 4.78 is 39.2. The fourth-order valence-corrected chi connectivity index (χ4v) is 10.6. The van der Waals surface area contributed by atoms with E-state index in [1.165, 1.54) is 31.6 Å². The number of cyclic esters (lactones) is 1. The maximum Gasteiger partial charge on any atom is 0.343 e. The van der Waals surface area contributed by atoms with Crippen molar-refractivity contribution in [1.29, 1.82) is 0 Å². The van der Waals surface area contributed by atoms with Gasteiger partial charge in [-0.15, -0.1) is 0 Å². The topological polar surface area (TPSA) is 333 Å². The summed E-state index contributed by atoms with van der Waals surface area (Å²) in [5.41, 5.74) is -1.87. The van der Waals surface area contributed by atoms with Crippen LogP contribution in [0.1, 0.15) is 99.4 Å². The number of methoxy groups -OCH3 is 1. The molecule has 5 heterocycles. The molecule has 8 amide bonds. The Morgan fingerprint density at radius 2 is 1.55 bits per heavy atom. The molecule has 86 heavy (non-hydrogen) atoms. The highest BCUT2D eigenvalue weighted by Gasteiger charge is 2.46. The molecule has 0 saturated carbocycles. The second-order valence-corrected chi connectivity index (χ2v) is 22.9. The minimum absolute atomic E-state index is 0.0252. The predicted octanol–water partition coefficient (Wildman–Crippen LogP) is -0.215. The molecule has 5 atom stereocenters. The van der Waals surface area contributed by atoms with E-state index in [0.717, 1.165) is 17.1 Å². The largest absolute Gasteiger partial charge is 0.458 e. The van der Waals surface area contributed by atoms with Gasteiger partial charge in [0, 0.05) is 66.9 Å². The number of carbonyl (C=O) groups excluding carboxylic acids is 9. The lowest BCUT2D eigenvalue weighted by Crippen LogP contribution is -2.56. The van der Waals surface area contributed by atoms with Crippen LogP contribution in [-0.2, 0) is 93.7 Å². The summed E-state index contributed by atoms with van der Waals surface area (Å²) in [5.74, 6) is -7.37. The van der Waals surface area contributed by atoms with Crippen molar-refractivity contribution in [2.24, 2.45) is 0 Å². The van der Waals surface area contributed by atoms with E-state index in [2.05, 4.69) is 37.2 Å². The number of rotatable bonds is 26. The van der Waals surface area contributed by atoms with Crippen molar-refractivity contribution in [3.05, 3.63) is 110 Å². The fourth-order valence-electron chi connectivity index (χ4n) is 10.6. The molecule has 4 aromatic rings. The molecule has 0 saturated heterocycles. The molecule has 8 rings (SSSR count). The average Bonchev–Trinajstić information content (AvgIpc) is 1.45. The van der Waals surface area contributed by atoms with E-state index in [1.54, 1.807) is 71.0 Å². The Morgan fingerprint density at radius 1 is 0.884 bits per heavy atom. The monoisotopic (exact) mass is 1190 g/mol. The van der Waals surface area contributed by atoms with Crippen molar-refractivity contribution in [3.63, 3.8) is 0 Å². The van der Waals surface area contributed by atoms with E-state index in [-0.39, 0.29) is 56.8 Å². The maximum absolute atomic E-state index is 15.5. The first-order valence-corrected chi connectivity index (χ1v) is 28.0. The maximum atomic E-state index is 15.5. The van der Waals surface area contributed by atoms with Gasteiger partial charge < -0.3 is 65.8 Å². The van der Waals surface area contributed by atoms with Crippen LogP contribution >= 0.6 is 0 Å². The van der Waals surface area contributed by atoms with Crippen molar-refractivity contribution in [2.75, 3.05) is 53.2 Å². The van der Waals surface area contributed by atoms with Gasteiger partial charge in [-0.3, -0.25) is 48.1 Å². The fraction of sp³-hybridized carbons (Fsp3) is 0.475. The van der Waals surface area contributed by atoms with E-state index < -0.39 is 131 Å². The molecule has 0 spiro atoms. The summed E-state index contributed by atoms with van der Waals surface area (Å²) in [6.07, 6.45) is 2.65. The van der Waals surface area contributed by atoms with Crippen LogP contribution in [0.5, 0.6) is 0 Å². The molecular weight excluding hydrogens is 1120 g/mol. The molecule has 456 valence electrons. The second kappa shape index (κ2) is 25.8. The van der Waals surface area contributed by atoms with E-state index in [4.69, 9.17) is 31.8 Å². The second-order valence-electron chi connectivity index (χ2n) is 22.9. The molecule has 1 unspecified atom stereocenters. The Kier molecular flexibility index (Phi) is 19.1. The minimum Gasteiger partial charge on any atom is -0.458 e. The zero-order valence-corrected chi connectivity index (χ0v) is 49.1. The van der Waals surface area contributed by atoms with Crippen LogP contribution in [0.25, 0.3) is 22.3 Å². The zero-order valence-electron chi connectivity index (χ0n) is 49.1. The first-order chi connectivity index (χ1) is 40.6. The normalized spacial score (nSPS) is 18.2. The number of imide groups is 1. The highest BCUT2D eigenvalue weighted by Crippen LogP contribution is 2.46. The van der Waals surface area contributed by atoms with Gasteiger partial charge in [0.25, 0.3) is 23.3 Å². The number of hydrogen-bond donors (Lipinski definition) is 8. The molecule has 3 aliphatic heterocycles. The van der Waals surface area contributed by atoms with E-state index >= 15 is 4.39 Å². The smallest absolute Gasteiger partial charge is 0.343 e. The summed E-state index contributed by atoms with van der Waals surface area (Å²) in [5, 5.41) is 30.5. The third-order valence-electron chi connectivity index (χ3n) is 15.7. The number of aliphatic hydroxyl groups is 1. The molecule has 0 fully saturated rings. The van der Waals surface area contributed by atoms with Crippen LogP contribution in [0.15, 0.2) is 59.4 Å². The van der Waals surface area contributed by atoms with Crippen molar-refractivity contribution >= 4 is 72.0 Å². The van der Waals surface area contributed by atoms with Gasteiger partial charge >= 0.3 is 5.97 Å². The molecule has 4 aliphatic rings. The molecule has 0 bridgehead atoms. The van der Waals surface area contributed by atoms with Crippen LogP contribution in [0.3, 0.4) is 0 Å². The standard InChI is InChI=1S/C59H70BFN10O15/c1-9-59(82)36-20-41-50-34(26-70(41)53(79)35(36)27-84-55(59)81)49-38(16-15-33-31(2)37(61)21-39(68-50)48(33)49)69-54(80)57(5,6)86-30-66-44(73)24-64-51(77)40(19-32-13-11-10-12-14-32)67-45(74)25-63-43(72)23-65-52(78)42(71-46(75)17-18-47(71)76)22-62-28-56(3,4)85-29-58(7,60)83-8/h10-14,17-18,20-21,38,40,42,62,82H,9,15-16,19,22-30H2,1-8H3,(H,63,72)(H,64,77)(H,65,78)(H,66,73)(H,67,74)(H,69,80)/t38-,40-,42-,58?,59-/m0/s1. The number of nitrogens with one attached hydrogen (secondary N) is 7. The number of aromatic nitrogens is 2. The Bertz CT molecular complexity index is 3480. The first kappa shape index (κ1) is 63.8. The Balaban J connectivity index is 0.843.